The van der Waals surface area contributed by atoms with E-state index in [1.165, 1.54) is 15.4 Å². The highest BCUT2D eigenvalue weighted by Crippen LogP contribution is 2.22. The summed E-state index contributed by atoms with van der Waals surface area (Å²) in [6.45, 7) is 9.85. The predicted molar refractivity (Wildman–Crippen MR) is 85.4 cm³/mol. The van der Waals surface area contributed by atoms with E-state index in [2.05, 4.69) is 46.7 Å². The summed E-state index contributed by atoms with van der Waals surface area (Å²) in [5, 5.41) is 4.46. The van der Waals surface area contributed by atoms with Gasteiger partial charge in [-0.1, -0.05) is 0 Å². The molecule has 0 radical (unpaired) electrons. The summed E-state index contributed by atoms with van der Waals surface area (Å²) in [7, 11) is 0. The van der Waals surface area contributed by atoms with E-state index in [-0.39, 0.29) is 0 Å². The van der Waals surface area contributed by atoms with Crippen molar-refractivity contribution in [3.8, 4) is 0 Å². The Morgan fingerprint density at radius 1 is 1.33 bits per heavy atom. The minimum atomic E-state index is 0.507. The van der Waals surface area contributed by atoms with Gasteiger partial charge in [0.2, 0.25) is 0 Å². The summed E-state index contributed by atoms with van der Waals surface area (Å²) in [5.74, 6) is 0.507. The third-order valence-electron chi connectivity index (χ3n) is 3.87. The Morgan fingerprint density at radius 2 is 2.24 bits per heavy atom. The zero-order chi connectivity index (χ0) is 14.7. The number of thiophene rings is 1. The first kappa shape index (κ1) is 14.8. The number of hydrogen-bond donors (Lipinski definition) is 0. The molecule has 2 aromatic rings. The molecule has 0 unspecified atom stereocenters. The zero-order valence-electron chi connectivity index (χ0n) is 12.8. The fraction of sp³-hybridized carbons (Fsp3) is 0.562. The van der Waals surface area contributed by atoms with E-state index in [9.17, 15) is 0 Å². The second-order valence-corrected chi connectivity index (χ2v) is 7.08. The SMILES string of the molecule is CCOC[C@@H]1CN(Cc2ccc(C)s2)Cc2ccnn2C1. The van der Waals surface area contributed by atoms with Gasteiger partial charge in [-0.25, -0.2) is 0 Å². The number of rotatable bonds is 5. The molecular weight excluding hydrogens is 282 g/mol. The van der Waals surface area contributed by atoms with Gasteiger partial charge < -0.3 is 4.74 Å². The van der Waals surface area contributed by atoms with Crippen LogP contribution in [0, 0.1) is 12.8 Å². The van der Waals surface area contributed by atoms with Crippen LogP contribution in [0.2, 0.25) is 0 Å². The highest BCUT2D eigenvalue weighted by molar-refractivity contribution is 7.11. The van der Waals surface area contributed by atoms with E-state index >= 15 is 0 Å². The Balaban J connectivity index is 1.73. The quantitative estimate of drug-likeness (QED) is 0.851. The predicted octanol–water partition coefficient (Wildman–Crippen LogP) is 2.92. The lowest BCUT2D eigenvalue weighted by molar-refractivity contribution is 0.0843. The lowest BCUT2D eigenvalue weighted by Gasteiger charge is -2.23. The third kappa shape index (κ3) is 3.73. The van der Waals surface area contributed by atoms with Crippen LogP contribution in [0.3, 0.4) is 0 Å². The van der Waals surface area contributed by atoms with Crippen molar-refractivity contribution in [2.24, 2.45) is 5.92 Å². The molecule has 0 saturated carbocycles. The highest BCUT2D eigenvalue weighted by Gasteiger charge is 2.22. The number of nitrogens with zero attached hydrogens (tertiary/aromatic N) is 3. The maximum atomic E-state index is 5.66. The lowest BCUT2D eigenvalue weighted by Crippen LogP contribution is -2.29. The van der Waals surface area contributed by atoms with Gasteiger partial charge in [0.25, 0.3) is 0 Å². The minimum absolute atomic E-state index is 0.507. The van der Waals surface area contributed by atoms with Crippen LogP contribution in [0.4, 0.5) is 0 Å². The highest BCUT2D eigenvalue weighted by atomic mass is 32.1. The molecule has 21 heavy (non-hydrogen) atoms. The molecule has 0 N–H and O–H groups in total. The van der Waals surface area contributed by atoms with Crippen molar-refractivity contribution in [1.29, 1.82) is 0 Å². The lowest BCUT2D eigenvalue weighted by atomic mass is 10.1. The average molecular weight is 305 g/mol. The van der Waals surface area contributed by atoms with Gasteiger partial charge in [-0.15, -0.1) is 11.3 Å². The van der Waals surface area contributed by atoms with Crippen LogP contribution >= 0.6 is 11.3 Å². The van der Waals surface area contributed by atoms with Gasteiger partial charge >= 0.3 is 0 Å². The third-order valence-corrected chi connectivity index (χ3v) is 4.86. The summed E-state index contributed by atoms with van der Waals surface area (Å²) in [4.78, 5) is 5.35. The molecule has 0 amide bonds. The van der Waals surface area contributed by atoms with Crippen molar-refractivity contribution in [2.45, 2.75) is 33.5 Å². The van der Waals surface area contributed by atoms with E-state index in [0.29, 0.717) is 5.92 Å². The van der Waals surface area contributed by atoms with Crippen molar-refractivity contribution in [3.05, 3.63) is 39.8 Å². The van der Waals surface area contributed by atoms with Crippen molar-refractivity contribution < 1.29 is 4.74 Å². The molecule has 4 nitrogen and oxygen atoms in total. The fourth-order valence-electron chi connectivity index (χ4n) is 2.92. The maximum Gasteiger partial charge on any atom is 0.0524 e. The molecule has 1 aliphatic heterocycles. The van der Waals surface area contributed by atoms with E-state index in [0.717, 1.165) is 39.4 Å². The summed E-state index contributed by atoms with van der Waals surface area (Å²) in [6, 6.07) is 6.59. The van der Waals surface area contributed by atoms with Gasteiger partial charge in [-0.05, 0) is 32.0 Å². The first-order valence-electron chi connectivity index (χ1n) is 7.60. The van der Waals surface area contributed by atoms with Gasteiger partial charge in [-0.3, -0.25) is 9.58 Å². The fourth-order valence-corrected chi connectivity index (χ4v) is 3.85. The summed E-state index contributed by atoms with van der Waals surface area (Å²) in [6.07, 6.45) is 1.91. The molecular formula is C16H23N3OS. The van der Waals surface area contributed by atoms with Crippen LogP contribution < -0.4 is 0 Å². The largest absolute Gasteiger partial charge is 0.381 e. The van der Waals surface area contributed by atoms with Crippen LogP contribution in [0.1, 0.15) is 22.4 Å². The Kier molecular flexibility index (Phi) is 4.73. The first-order valence-corrected chi connectivity index (χ1v) is 8.42. The van der Waals surface area contributed by atoms with E-state index < -0.39 is 0 Å². The van der Waals surface area contributed by atoms with Crippen LogP contribution in [0.5, 0.6) is 0 Å². The molecule has 3 heterocycles. The summed E-state index contributed by atoms with van der Waals surface area (Å²) >= 11 is 1.90. The second-order valence-electron chi connectivity index (χ2n) is 5.71. The normalized spacial score (nSPS) is 19.4. The summed E-state index contributed by atoms with van der Waals surface area (Å²) < 4.78 is 7.80. The van der Waals surface area contributed by atoms with Gasteiger partial charge in [0.1, 0.15) is 0 Å². The molecule has 0 aromatic carbocycles. The van der Waals surface area contributed by atoms with E-state index in [1.54, 1.807) is 0 Å². The first-order chi connectivity index (χ1) is 10.2. The molecule has 0 bridgehead atoms. The topological polar surface area (TPSA) is 30.3 Å². The Bertz CT molecular complexity index is 578. The molecule has 0 spiro atoms. The molecule has 1 atom stereocenters. The van der Waals surface area contributed by atoms with Crippen LogP contribution in [0.25, 0.3) is 0 Å². The molecule has 1 aliphatic rings. The maximum absolute atomic E-state index is 5.66. The van der Waals surface area contributed by atoms with Crippen molar-refractivity contribution in [1.82, 2.24) is 14.7 Å². The molecule has 2 aromatic heterocycles. The average Bonchev–Trinajstić information content (AvgIpc) is 3.02. The van der Waals surface area contributed by atoms with E-state index in [1.807, 2.05) is 17.5 Å². The molecule has 0 fully saturated rings. The minimum Gasteiger partial charge on any atom is -0.381 e. The van der Waals surface area contributed by atoms with Crippen molar-refractivity contribution in [3.63, 3.8) is 0 Å². The molecule has 0 saturated heterocycles. The van der Waals surface area contributed by atoms with Gasteiger partial charge in [0, 0.05) is 54.7 Å². The standard InChI is InChI=1S/C16H23N3OS/c1-3-20-12-14-8-18(11-16-5-4-13(2)21-16)10-15-6-7-17-19(15)9-14/h4-7,14H,3,8-12H2,1-2H3/t14-/m1/s1. The Labute approximate surface area is 130 Å². The number of aromatic nitrogens is 2. The van der Waals surface area contributed by atoms with Crippen LogP contribution in [0.15, 0.2) is 24.4 Å². The van der Waals surface area contributed by atoms with Gasteiger partial charge in [0.05, 0.1) is 12.3 Å². The number of ether oxygens (including phenoxy) is 1. The number of fused-ring (bicyclic) bond motifs is 1. The molecule has 114 valence electrons. The van der Waals surface area contributed by atoms with Gasteiger partial charge in [0.15, 0.2) is 0 Å². The van der Waals surface area contributed by atoms with Crippen LogP contribution in [-0.2, 0) is 24.4 Å². The number of hydrogen-bond acceptors (Lipinski definition) is 4. The monoisotopic (exact) mass is 305 g/mol. The van der Waals surface area contributed by atoms with Gasteiger partial charge in [-0.2, -0.15) is 5.10 Å². The van der Waals surface area contributed by atoms with Crippen LogP contribution in [-0.4, -0.2) is 34.4 Å². The summed E-state index contributed by atoms with van der Waals surface area (Å²) in [5.41, 5.74) is 1.31. The molecule has 5 heteroatoms. The number of aryl methyl sites for hydroxylation is 1. The second kappa shape index (κ2) is 6.73. The smallest absolute Gasteiger partial charge is 0.0524 e. The molecule has 0 aliphatic carbocycles. The van der Waals surface area contributed by atoms with E-state index in [4.69, 9.17) is 4.74 Å². The van der Waals surface area contributed by atoms with Crippen molar-refractivity contribution >= 4 is 11.3 Å². The zero-order valence-corrected chi connectivity index (χ0v) is 13.6. The Hall–Kier alpha value is -1.17. The van der Waals surface area contributed by atoms with Crippen molar-refractivity contribution in [2.75, 3.05) is 19.8 Å². The Morgan fingerprint density at radius 3 is 3.00 bits per heavy atom. The molecule has 3 rings (SSSR count).